The molecule has 4 bridgehead atoms. The van der Waals surface area contributed by atoms with Gasteiger partial charge in [0.1, 0.15) is 5.15 Å². The fraction of sp³-hybridized carbons (Fsp3) is 0.593. The molecule has 4 aliphatic rings. The van der Waals surface area contributed by atoms with E-state index in [0.29, 0.717) is 25.7 Å². The van der Waals surface area contributed by atoms with Crippen molar-refractivity contribution in [3.63, 3.8) is 0 Å². The molecule has 2 aromatic rings. The number of anilines is 2. The van der Waals surface area contributed by atoms with Gasteiger partial charge in [-0.2, -0.15) is 26.3 Å². The molecule has 0 aliphatic carbocycles. The van der Waals surface area contributed by atoms with Gasteiger partial charge in [-0.3, -0.25) is 0 Å². The third kappa shape index (κ3) is 6.03. The van der Waals surface area contributed by atoms with E-state index in [1.54, 1.807) is 9.80 Å². The standard InChI is InChI=1S/C14H13F4N3.C13H13ClF4N2/c1-19-13-6-12(11(15)7-20-13)21-9-2-3-10(21)5-8(4-9)14(16,17)18;14-12-5-11(10(15)6-19-12)20-8-1-2-9(20)4-7(3-8)13(16,17)18/h6-10H,2-5H2;5-9H,1-4H2. The molecule has 0 saturated carbocycles. The molecule has 14 heteroatoms. The summed E-state index contributed by atoms with van der Waals surface area (Å²) in [6.07, 6.45) is -3.73. The number of rotatable bonds is 2. The Balaban J connectivity index is 0.000000165. The van der Waals surface area contributed by atoms with Crippen molar-refractivity contribution in [3.05, 3.63) is 52.7 Å². The lowest BCUT2D eigenvalue weighted by molar-refractivity contribution is -0.182. The van der Waals surface area contributed by atoms with Crippen molar-refractivity contribution in [2.45, 2.75) is 87.9 Å². The van der Waals surface area contributed by atoms with E-state index in [4.69, 9.17) is 18.2 Å². The summed E-state index contributed by atoms with van der Waals surface area (Å²) in [7, 11) is 0. The summed E-state index contributed by atoms with van der Waals surface area (Å²) in [5.41, 5.74) is 0.488. The molecule has 0 aromatic carbocycles. The molecule has 4 atom stereocenters. The van der Waals surface area contributed by atoms with Gasteiger partial charge in [0.15, 0.2) is 17.8 Å². The molecular weight excluding hydrogens is 582 g/mol. The Morgan fingerprint density at radius 3 is 1.49 bits per heavy atom. The second-order valence-electron chi connectivity index (χ2n) is 11.1. The van der Waals surface area contributed by atoms with Gasteiger partial charge in [0, 0.05) is 30.2 Å². The normalized spacial score (nSPS) is 29.2. The van der Waals surface area contributed by atoms with Crippen molar-refractivity contribution in [1.82, 2.24) is 9.97 Å². The van der Waals surface area contributed by atoms with Crippen LogP contribution in [0.3, 0.4) is 0 Å². The lowest BCUT2D eigenvalue weighted by Crippen LogP contribution is -2.46. The highest BCUT2D eigenvalue weighted by Crippen LogP contribution is 2.49. The average molecular weight is 608 g/mol. The van der Waals surface area contributed by atoms with Crippen molar-refractivity contribution in [1.29, 1.82) is 0 Å². The number of halogens is 9. The smallest absolute Gasteiger partial charge is 0.364 e. The van der Waals surface area contributed by atoms with Gasteiger partial charge in [0.25, 0.3) is 5.82 Å². The zero-order chi connectivity index (χ0) is 29.7. The molecule has 4 fully saturated rings. The Labute approximate surface area is 236 Å². The zero-order valence-corrected chi connectivity index (χ0v) is 22.3. The second kappa shape index (κ2) is 11.1. The predicted octanol–water partition coefficient (Wildman–Crippen LogP) is 8.26. The summed E-state index contributed by atoms with van der Waals surface area (Å²) in [6.45, 7) is 6.93. The molecule has 2 aromatic heterocycles. The topological polar surface area (TPSA) is 36.6 Å². The summed E-state index contributed by atoms with van der Waals surface area (Å²) < 4.78 is 105. The molecule has 4 saturated heterocycles. The van der Waals surface area contributed by atoms with Crippen molar-refractivity contribution in [2.75, 3.05) is 9.80 Å². The molecule has 222 valence electrons. The third-order valence-electron chi connectivity index (χ3n) is 8.69. The fourth-order valence-corrected chi connectivity index (χ4v) is 7.11. The number of pyridine rings is 2. The quantitative estimate of drug-likeness (QED) is 0.196. The third-order valence-corrected chi connectivity index (χ3v) is 8.89. The van der Waals surface area contributed by atoms with Crippen LogP contribution in [0.15, 0.2) is 24.5 Å². The van der Waals surface area contributed by atoms with Gasteiger partial charge in [0.2, 0.25) is 0 Å². The minimum absolute atomic E-state index is 0.00485. The molecular formula is C27H26ClF8N5. The van der Waals surface area contributed by atoms with Gasteiger partial charge >= 0.3 is 12.4 Å². The Morgan fingerprint density at radius 1 is 0.707 bits per heavy atom. The molecule has 0 spiro atoms. The number of fused-ring (bicyclic) bond motifs is 4. The monoisotopic (exact) mass is 607 g/mol. The maximum absolute atomic E-state index is 14.0. The van der Waals surface area contributed by atoms with Crippen LogP contribution in [0.4, 0.5) is 52.3 Å². The zero-order valence-electron chi connectivity index (χ0n) is 21.6. The van der Waals surface area contributed by atoms with E-state index < -0.39 is 35.8 Å². The SMILES string of the molecule is Fc1cnc(Cl)cc1N1C2CCC1CC(C(F)(F)F)C2.[C-]#[N+]c1cc(N2C3CCC2CC(C(F)(F)F)C3)c(F)cn1. The van der Waals surface area contributed by atoms with Gasteiger partial charge in [-0.05, 0) is 57.4 Å². The maximum atomic E-state index is 14.0. The van der Waals surface area contributed by atoms with Gasteiger partial charge in [0.05, 0.1) is 29.4 Å². The number of alkyl halides is 6. The second-order valence-corrected chi connectivity index (χ2v) is 11.5. The lowest BCUT2D eigenvalue weighted by atomic mass is 9.90. The van der Waals surface area contributed by atoms with Gasteiger partial charge < -0.3 is 14.6 Å². The van der Waals surface area contributed by atoms with Crippen LogP contribution in [0.1, 0.15) is 51.4 Å². The summed E-state index contributed by atoms with van der Waals surface area (Å²) in [5.74, 6) is -3.64. The van der Waals surface area contributed by atoms with Gasteiger partial charge in [-0.15, -0.1) is 4.98 Å². The van der Waals surface area contributed by atoms with Crippen LogP contribution >= 0.6 is 11.6 Å². The first-order chi connectivity index (χ1) is 19.3. The predicted molar refractivity (Wildman–Crippen MR) is 136 cm³/mol. The molecule has 6 heterocycles. The number of nitrogens with zero attached hydrogens (tertiary/aromatic N) is 5. The van der Waals surface area contributed by atoms with Crippen LogP contribution < -0.4 is 9.80 Å². The van der Waals surface area contributed by atoms with Crippen LogP contribution in [-0.4, -0.2) is 46.5 Å². The fourth-order valence-electron chi connectivity index (χ4n) is 6.95. The van der Waals surface area contributed by atoms with Crippen molar-refractivity contribution < 1.29 is 35.1 Å². The Bertz CT molecular complexity index is 1280. The van der Waals surface area contributed by atoms with Gasteiger partial charge in [-0.25, -0.2) is 13.8 Å². The molecule has 0 N–H and O–H groups in total. The van der Waals surface area contributed by atoms with E-state index in [1.165, 1.54) is 12.1 Å². The van der Waals surface area contributed by atoms with Crippen molar-refractivity contribution >= 4 is 28.8 Å². The van der Waals surface area contributed by atoms with Crippen molar-refractivity contribution in [3.8, 4) is 0 Å². The summed E-state index contributed by atoms with van der Waals surface area (Å²) in [6, 6.07) is 1.57. The van der Waals surface area contributed by atoms with E-state index >= 15 is 0 Å². The Hall–Kier alpha value is -2.88. The summed E-state index contributed by atoms with van der Waals surface area (Å²) in [4.78, 5) is 13.9. The van der Waals surface area contributed by atoms with E-state index in [1.807, 2.05) is 0 Å². The van der Waals surface area contributed by atoms with Crippen LogP contribution in [0, 0.1) is 30.0 Å². The molecule has 0 amide bonds. The lowest BCUT2D eigenvalue weighted by Gasteiger charge is -2.41. The van der Waals surface area contributed by atoms with E-state index in [2.05, 4.69) is 14.8 Å². The molecule has 0 radical (unpaired) electrons. The van der Waals surface area contributed by atoms with E-state index in [0.717, 1.165) is 12.4 Å². The molecule has 5 nitrogen and oxygen atoms in total. The Morgan fingerprint density at radius 2 is 1.10 bits per heavy atom. The number of hydrogen-bond donors (Lipinski definition) is 0. The number of aromatic nitrogens is 2. The minimum atomic E-state index is -4.19. The summed E-state index contributed by atoms with van der Waals surface area (Å²) >= 11 is 5.77. The van der Waals surface area contributed by atoms with Crippen LogP contribution in [-0.2, 0) is 0 Å². The molecule has 41 heavy (non-hydrogen) atoms. The average Bonchev–Trinajstić information content (AvgIpc) is 3.30. The molecule has 6 rings (SSSR count). The van der Waals surface area contributed by atoms with Crippen molar-refractivity contribution in [2.24, 2.45) is 11.8 Å². The minimum Gasteiger partial charge on any atom is -0.364 e. The highest BCUT2D eigenvalue weighted by atomic mass is 35.5. The van der Waals surface area contributed by atoms with Crippen LogP contribution in [0.5, 0.6) is 0 Å². The number of piperidine rings is 2. The first-order valence-electron chi connectivity index (χ1n) is 13.3. The van der Waals surface area contributed by atoms with Crippen LogP contribution in [0.25, 0.3) is 4.85 Å². The highest BCUT2D eigenvalue weighted by molar-refractivity contribution is 6.29. The summed E-state index contributed by atoms with van der Waals surface area (Å²) in [5, 5.41) is 0.152. The number of hydrogen-bond acceptors (Lipinski definition) is 4. The highest BCUT2D eigenvalue weighted by Gasteiger charge is 2.52. The maximum Gasteiger partial charge on any atom is 0.391 e. The van der Waals surface area contributed by atoms with E-state index in [-0.39, 0.29) is 72.2 Å². The Kier molecular flexibility index (Phi) is 8.00. The first-order valence-corrected chi connectivity index (χ1v) is 13.7. The van der Waals surface area contributed by atoms with Crippen LogP contribution in [0.2, 0.25) is 5.15 Å². The first kappa shape index (κ1) is 29.6. The van der Waals surface area contributed by atoms with Gasteiger partial charge in [-0.1, -0.05) is 18.2 Å². The molecule has 4 unspecified atom stereocenters. The van der Waals surface area contributed by atoms with E-state index in [9.17, 15) is 35.1 Å². The molecule has 4 aliphatic heterocycles. The largest absolute Gasteiger partial charge is 0.391 e.